The Labute approximate surface area is 158 Å². The zero-order valence-corrected chi connectivity index (χ0v) is 15.1. The average Bonchev–Trinajstić information content (AvgIpc) is 2.67. The standard InChI is InChI=1S/C19H17F3N2O4/c1-11(25)24(15-8-7-14(20)17(21)18(15)22)10-9-16(26)23-13-5-3-12(4-6-13)19(27)28-2/h3-8H,9-10H2,1-2H3,(H,23,26). The van der Waals surface area contributed by atoms with Gasteiger partial charge in [0, 0.05) is 25.6 Å². The normalized spacial score (nSPS) is 10.3. The van der Waals surface area contributed by atoms with Gasteiger partial charge in [0.1, 0.15) is 0 Å². The van der Waals surface area contributed by atoms with Crippen molar-refractivity contribution in [3.8, 4) is 0 Å². The number of methoxy groups -OCH3 is 1. The molecule has 0 saturated heterocycles. The molecule has 0 radical (unpaired) electrons. The van der Waals surface area contributed by atoms with E-state index >= 15 is 0 Å². The van der Waals surface area contributed by atoms with Gasteiger partial charge in [-0.15, -0.1) is 0 Å². The lowest BCUT2D eigenvalue weighted by Gasteiger charge is -2.21. The molecule has 9 heteroatoms. The Morgan fingerprint density at radius 2 is 1.64 bits per heavy atom. The summed E-state index contributed by atoms with van der Waals surface area (Å²) in [5, 5.41) is 2.55. The highest BCUT2D eigenvalue weighted by Gasteiger charge is 2.21. The van der Waals surface area contributed by atoms with Gasteiger partial charge in [-0.05, 0) is 36.4 Å². The van der Waals surface area contributed by atoms with Crippen LogP contribution in [0.15, 0.2) is 36.4 Å². The van der Waals surface area contributed by atoms with Gasteiger partial charge in [-0.25, -0.2) is 18.0 Å². The number of nitrogens with zero attached hydrogens (tertiary/aromatic N) is 1. The Bertz CT molecular complexity index is 901. The summed E-state index contributed by atoms with van der Waals surface area (Å²) in [5.41, 5.74) is 0.240. The molecule has 148 valence electrons. The minimum atomic E-state index is -1.70. The Morgan fingerprint density at radius 3 is 2.21 bits per heavy atom. The van der Waals surface area contributed by atoms with Crippen molar-refractivity contribution >= 4 is 29.2 Å². The summed E-state index contributed by atoms with van der Waals surface area (Å²) in [7, 11) is 1.24. The Morgan fingerprint density at radius 1 is 1.00 bits per heavy atom. The van der Waals surface area contributed by atoms with Crippen LogP contribution in [0.1, 0.15) is 23.7 Å². The van der Waals surface area contributed by atoms with Crippen LogP contribution in [0.3, 0.4) is 0 Å². The summed E-state index contributed by atoms with van der Waals surface area (Å²) < 4.78 is 45.0. The predicted molar refractivity (Wildman–Crippen MR) is 95.4 cm³/mol. The fraction of sp³-hybridized carbons (Fsp3) is 0.211. The number of rotatable bonds is 6. The van der Waals surface area contributed by atoms with Crippen LogP contribution in [0, 0.1) is 17.5 Å². The molecule has 0 aliphatic heterocycles. The van der Waals surface area contributed by atoms with Crippen molar-refractivity contribution in [3.05, 3.63) is 59.4 Å². The molecule has 2 aromatic carbocycles. The maximum absolute atomic E-state index is 13.9. The lowest BCUT2D eigenvalue weighted by Crippen LogP contribution is -2.33. The van der Waals surface area contributed by atoms with Crippen molar-refractivity contribution in [2.24, 2.45) is 0 Å². The van der Waals surface area contributed by atoms with Gasteiger partial charge in [0.05, 0.1) is 18.4 Å². The summed E-state index contributed by atoms with van der Waals surface area (Å²) >= 11 is 0. The van der Waals surface area contributed by atoms with Gasteiger partial charge in [-0.2, -0.15) is 0 Å². The van der Waals surface area contributed by atoms with Crippen LogP contribution in [0.5, 0.6) is 0 Å². The Hall–Kier alpha value is -3.36. The molecule has 28 heavy (non-hydrogen) atoms. The second-order valence-corrected chi connectivity index (χ2v) is 5.73. The lowest BCUT2D eigenvalue weighted by atomic mass is 10.2. The first-order valence-electron chi connectivity index (χ1n) is 8.14. The molecular formula is C19H17F3N2O4. The van der Waals surface area contributed by atoms with Crippen molar-refractivity contribution in [2.75, 3.05) is 23.9 Å². The van der Waals surface area contributed by atoms with Crippen LogP contribution in [-0.2, 0) is 14.3 Å². The SMILES string of the molecule is COC(=O)c1ccc(NC(=O)CCN(C(C)=O)c2ccc(F)c(F)c2F)cc1. The molecule has 0 bridgehead atoms. The number of halogens is 3. The molecule has 0 aliphatic carbocycles. The molecule has 2 rings (SSSR count). The molecular weight excluding hydrogens is 377 g/mol. The zero-order valence-electron chi connectivity index (χ0n) is 15.1. The molecule has 2 amide bonds. The van der Waals surface area contributed by atoms with Crippen molar-refractivity contribution in [1.82, 2.24) is 0 Å². The topological polar surface area (TPSA) is 75.7 Å². The number of hydrogen-bond acceptors (Lipinski definition) is 4. The van der Waals surface area contributed by atoms with Crippen molar-refractivity contribution < 1.29 is 32.3 Å². The second kappa shape index (κ2) is 9.03. The van der Waals surface area contributed by atoms with Crippen LogP contribution < -0.4 is 10.2 Å². The van der Waals surface area contributed by atoms with Gasteiger partial charge in [-0.3, -0.25) is 9.59 Å². The summed E-state index contributed by atoms with van der Waals surface area (Å²) in [6.07, 6.45) is -0.225. The van der Waals surface area contributed by atoms with Gasteiger partial charge >= 0.3 is 5.97 Å². The zero-order chi connectivity index (χ0) is 20.8. The van der Waals surface area contributed by atoms with E-state index in [0.717, 1.165) is 17.9 Å². The number of hydrogen-bond donors (Lipinski definition) is 1. The number of amides is 2. The Kier molecular flexibility index (Phi) is 6.75. The predicted octanol–water partition coefficient (Wildman–Crippen LogP) is 3.27. The third kappa shape index (κ3) is 4.87. The Balaban J connectivity index is 2.04. The summed E-state index contributed by atoms with van der Waals surface area (Å²) in [6.45, 7) is 0.869. The third-order valence-corrected chi connectivity index (χ3v) is 3.84. The van der Waals surface area contributed by atoms with Crippen LogP contribution in [0.2, 0.25) is 0 Å². The quantitative estimate of drug-likeness (QED) is 0.603. The number of esters is 1. The van der Waals surface area contributed by atoms with Gasteiger partial charge in [0.15, 0.2) is 17.5 Å². The molecule has 0 aliphatic rings. The van der Waals surface area contributed by atoms with E-state index in [2.05, 4.69) is 10.1 Å². The van der Waals surface area contributed by atoms with E-state index in [1.807, 2.05) is 0 Å². The first-order valence-corrected chi connectivity index (χ1v) is 8.14. The highest BCUT2D eigenvalue weighted by molar-refractivity contribution is 5.95. The average molecular weight is 394 g/mol. The number of carbonyl (C=O) groups is 3. The lowest BCUT2D eigenvalue weighted by molar-refractivity contribution is -0.117. The number of anilines is 2. The first kappa shape index (κ1) is 20.9. The van der Waals surface area contributed by atoms with E-state index in [9.17, 15) is 27.6 Å². The van der Waals surface area contributed by atoms with Crippen molar-refractivity contribution in [3.63, 3.8) is 0 Å². The fourth-order valence-corrected chi connectivity index (χ4v) is 2.42. The van der Waals surface area contributed by atoms with E-state index in [1.54, 1.807) is 0 Å². The number of benzene rings is 2. The molecule has 0 aromatic heterocycles. The van der Waals surface area contributed by atoms with Crippen LogP contribution in [0.25, 0.3) is 0 Å². The molecule has 0 spiro atoms. The fourth-order valence-electron chi connectivity index (χ4n) is 2.42. The molecule has 0 heterocycles. The molecule has 0 fully saturated rings. The molecule has 0 atom stereocenters. The minimum absolute atomic E-state index is 0.225. The third-order valence-electron chi connectivity index (χ3n) is 3.84. The first-order chi connectivity index (χ1) is 13.2. The smallest absolute Gasteiger partial charge is 0.337 e. The molecule has 1 N–H and O–H groups in total. The van der Waals surface area contributed by atoms with Crippen LogP contribution >= 0.6 is 0 Å². The monoisotopic (exact) mass is 394 g/mol. The molecule has 0 saturated carbocycles. The van der Waals surface area contributed by atoms with E-state index in [1.165, 1.54) is 31.4 Å². The van der Waals surface area contributed by atoms with Crippen molar-refractivity contribution in [1.29, 1.82) is 0 Å². The summed E-state index contributed by atoms with van der Waals surface area (Å²) in [6, 6.07) is 7.52. The number of carbonyl (C=O) groups excluding carboxylic acids is 3. The summed E-state index contributed by atoms with van der Waals surface area (Å²) in [5.74, 6) is -6.24. The highest BCUT2D eigenvalue weighted by atomic mass is 19.2. The van der Waals surface area contributed by atoms with Gasteiger partial charge in [0.25, 0.3) is 0 Å². The highest BCUT2D eigenvalue weighted by Crippen LogP contribution is 2.24. The largest absolute Gasteiger partial charge is 0.465 e. The number of nitrogens with one attached hydrogen (secondary N) is 1. The van der Waals surface area contributed by atoms with Crippen LogP contribution in [-0.4, -0.2) is 31.4 Å². The molecule has 0 unspecified atom stereocenters. The second-order valence-electron chi connectivity index (χ2n) is 5.73. The minimum Gasteiger partial charge on any atom is -0.465 e. The van der Waals surface area contributed by atoms with Gasteiger partial charge in [0.2, 0.25) is 11.8 Å². The van der Waals surface area contributed by atoms with Crippen LogP contribution in [0.4, 0.5) is 24.5 Å². The van der Waals surface area contributed by atoms with Gasteiger partial charge in [-0.1, -0.05) is 0 Å². The number of ether oxygens (including phenoxy) is 1. The van der Waals surface area contributed by atoms with E-state index in [4.69, 9.17) is 0 Å². The van der Waals surface area contributed by atoms with Gasteiger partial charge < -0.3 is 15.0 Å². The van der Waals surface area contributed by atoms with Crippen molar-refractivity contribution in [2.45, 2.75) is 13.3 Å². The molecule has 6 nitrogen and oxygen atoms in total. The van der Waals surface area contributed by atoms with E-state index in [0.29, 0.717) is 17.3 Å². The maximum Gasteiger partial charge on any atom is 0.337 e. The van der Waals surface area contributed by atoms with E-state index in [-0.39, 0.29) is 13.0 Å². The maximum atomic E-state index is 13.9. The molecule has 2 aromatic rings. The summed E-state index contributed by atoms with van der Waals surface area (Å²) in [4.78, 5) is 36.1. The van der Waals surface area contributed by atoms with E-state index < -0.39 is 40.9 Å².